The molecule has 6 rings (SSSR count). The molecule has 0 aliphatic rings. The molecule has 0 aliphatic heterocycles. The summed E-state index contributed by atoms with van der Waals surface area (Å²) in [6.45, 7) is -0.323. The van der Waals surface area contributed by atoms with E-state index in [0.29, 0.717) is 38.0 Å². The lowest BCUT2D eigenvalue weighted by Gasteiger charge is -2.10. The quantitative estimate of drug-likeness (QED) is 0.177. The number of carbonyl (C=O) groups excluding carboxylic acids is 1. The number of nitrogens with one attached hydrogen (secondary N) is 1. The third-order valence-electron chi connectivity index (χ3n) is 6.24. The first-order valence-electron chi connectivity index (χ1n) is 12.6. The number of nitrogens with zero attached hydrogens (tertiary/aromatic N) is 3. The minimum Gasteiger partial charge on any atom is -0.483 e. The number of benzene rings is 4. The smallest absolute Gasteiger partial charge is 0.282 e. The first kappa shape index (κ1) is 27.6. The second-order valence-electron chi connectivity index (χ2n) is 9.11. The molecular formula is C31H19Br2FN4O4. The lowest BCUT2D eigenvalue weighted by atomic mass is 10.2. The molecule has 0 aliphatic carbocycles. The fourth-order valence-corrected chi connectivity index (χ4v) is 5.14. The second kappa shape index (κ2) is 11.7. The molecule has 0 atom stereocenters. The lowest BCUT2D eigenvalue weighted by Crippen LogP contribution is -2.21. The number of halogens is 3. The van der Waals surface area contributed by atoms with Gasteiger partial charge in [-0.05, 0) is 88.2 Å². The maximum Gasteiger partial charge on any atom is 0.282 e. The van der Waals surface area contributed by atoms with E-state index in [1.165, 1.54) is 29.1 Å². The van der Waals surface area contributed by atoms with Crippen LogP contribution in [0.2, 0.25) is 0 Å². The van der Waals surface area contributed by atoms with Gasteiger partial charge in [0.25, 0.3) is 11.5 Å². The number of para-hydroxylation sites is 2. The molecule has 0 saturated carbocycles. The third kappa shape index (κ3) is 5.74. The van der Waals surface area contributed by atoms with E-state index in [1.807, 2.05) is 30.3 Å². The first-order valence-corrected chi connectivity index (χ1v) is 14.2. The van der Waals surface area contributed by atoms with Gasteiger partial charge in [-0.15, -0.1) is 0 Å². The molecule has 6 aromatic rings. The SMILES string of the molecule is O=C(COc1ccc(C=Nn2c(-c3cc4cc(Br)ccc4o3)nc3ccccc3c2=O)cc1Br)Nc1ccccc1F. The van der Waals surface area contributed by atoms with Crippen LogP contribution < -0.4 is 15.6 Å². The van der Waals surface area contributed by atoms with Gasteiger partial charge in [0.2, 0.25) is 5.82 Å². The highest BCUT2D eigenvalue weighted by Crippen LogP contribution is 2.30. The van der Waals surface area contributed by atoms with Crippen LogP contribution in [0.4, 0.5) is 10.1 Å². The van der Waals surface area contributed by atoms with Gasteiger partial charge in [-0.25, -0.2) is 9.37 Å². The van der Waals surface area contributed by atoms with E-state index >= 15 is 0 Å². The van der Waals surface area contributed by atoms with Gasteiger partial charge in [0.1, 0.15) is 17.1 Å². The van der Waals surface area contributed by atoms with Gasteiger partial charge < -0.3 is 14.5 Å². The standard InChI is InChI=1S/C31H19Br2FN4O4/c32-20-10-12-26-19(14-20)15-28(42-26)30-37-24-7-3-1-5-21(24)31(40)38(30)35-16-18-9-11-27(22(33)13-18)41-17-29(39)36-25-8-4-2-6-23(25)34/h1-16H,17H2,(H,36,39). The normalized spacial score (nSPS) is 11.4. The van der Waals surface area contributed by atoms with Gasteiger partial charge in [0.15, 0.2) is 12.4 Å². The van der Waals surface area contributed by atoms with Gasteiger partial charge in [-0.2, -0.15) is 9.78 Å². The minimum absolute atomic E-state index is 0.0741. The van der Waals surface area contributed by atoms with Gasteiger partial charge in [0, 0.05) is 9.86 Å². The van der Waals surface area contributed by atoms with Crippen LogP contribution in [-0.2, 0) is 4.79 Å². The molecule has 0 radical (unpaired) electrons. The maximum atomic E-state index is 13.8. The van der Waals surface area contributed by atoms with Crippen molar-refractivity contribution in [2.24, 2.45) is 5.10 Å². The van der Waals surface area contributed by atoms with E-state index in [1.54, 1.807) is 42.5 Å². The fraction of sp³-hybridized carbons (Fsp3) is 0.0323. The lowest BCUT2D eigenvalue weighted by molar-refractivity contribution is -0.118. The Hall–Kier alpha value is -4.61. The molecule has 4 aromatic carbocycles. The Labute approximate surface area is 254 Å². The number of furan rings is 1. The Morgan fingerprint density at radius 1 is 1.02 bits per heavy atom. The number of amides is 1. The van der Waals surface area contributed by atoms with Crippen molar-refractivity contribution in [3.63, 3.8) is 0 Å². The minimum atomic E-state index is -0.534. The molecule has 11 heteroatoms. The zero-order valence-corrected chi connectivity index (χ0v) is 24.7. The molecule has 0 unspecified atom stereocenters. The van der Waals surface area contributed by atoms with Crippen molar-refractivity contribution >= 4 is 71.5 Å². The summed E-state index contributed by atoms with van der Waals surface area (Å²) < 4.78 is 28.1. The molecule has 8 nitrogen and oxygen atoms in total. The highest BCUT2D eigenvalue weighted by Gasteiger charge is 2.17. The number of rotatable bonds is 7. The van der Waals surface area contributed by atoms with Crippen LogP contribution >= 0.6 is 31.9 Å². The summed E-state index contributed by atoms with van der Waals surface area (Å²) in [6, 6.07) is 25.5. The van der Waals surface area contributed by atoms with Crippen molar-refractivity contribution in [2.75, 3.05) is 11.9 Å². The topological polar surface area (TPSA) is 98.7 Å². The van der Waals surface area contributed by atoms with Crippen molar-refractivity contribution in [3.8, 4) is 17.3 Å². The molecule has 1 amide bonds. The Kier molecular flexibility index (Phi) is 7.68. The van der Waals surface area contributed by atoms with Crippen LogP contribution in [0.25, 0.3) is 33.5 Å². The highest BCUT2D eigenvalue weighted by molar-refractivity contribution is 9.10. The molecule has 0 spiro atoms. The number of hydrogen-bond acceptors (Lipinski definition) is 6. The third-order valence-corrected chi connectivity index (χ3v) is 7.35. The summed E-state index contributed by atoms with van der Waals surface area (Å²) in [4.78, 5) is 30.4. The molecule has 2 heterocycles. The van der Waals surface area contributed by atoms with Crippen LogP contribution in [0.5, 0.6) is 5.75 Å². The Morgan fingerprint density at radius 3 is 2.67 bits per heavy atom. The van der Waals surface area contributed by atoms with Crippen molar-refractivity contribution in [2.45, 2.75) is 0 Å². The van der Waals surface area contributed by atoms with Crippen LogP contribution in [0, 0.1) is 5.82 Å². The summed E-state index contributed by atoms with van der Waals surface area (Å²) in [5.74, 6) is -0.00224. The van der Waals surface area contributed by atoms with E-state index < -0.39 is 11.7 Å². The van der Waals surface area contributed by atoms with E-state index in [9.17, 15) is 14.0 Å². The number of hydrogen-bond donors (Lipinski definition) is 1. The first-order chi connectivity index (χ1) is 20.4. The number of anilines is 1. The zero-order chi connectivity index (χ0) is 29.2. The molecular weight excluding hydrogens is 671 g/mol. The summed E-state index contributed by atoms with van der Waals surface area (Å²) in [5.41, 5.74) is 1.53. The maximum absolute atomic E-state index is 13.8. The van der Waals surface area contributed by atoms with E-state index in [2.05, 4.69) is 42.3 Å². The monoisotopic (exact) mass is 688 g/mol. The predicted octanol–water partition coefficient (Wildman–Crippen LogP) is 7.37. The molecule has 0 bridgehead atoms. The molecule has 208 valence electrons. The van der Waals surface area contributed by atoms with E-state index in [4.69, 9.17) is 14.1 Å². The summed E-state index contributed by atoms with van der Waals surface area (Å²) >= 11 is 6.92. The van der Waals surface area contributed by atoms with Gasteiger partial charge in [-0.3, -0.25) is 9.59 Å². The molecule has 1 N–H and O–H groups in total. The second-order valence-corrected chi connectivity index (χ2v) is 10.9. The van der Waals surface area contributed by atoms with Crippen LogP contribution in [0.15, 0.2) is 114 Å². The van der Waals surface area contributed by atoms with Gasteiger partial charge >= 0.3 is 0 Å². The largest absolute Gasteiger partial charge is 0.483 e. The van der Waals surface area contributed by atoms with E-state index in [0.717, 1.165) is 9.86 Å². The van der Waals surface area contributed by atoms with Crippen molar-refractivity contribution < 1.29 is 18.3 Å². The van der Waals surface area contributed by atoms with Crippen molar-refractivity contribution in [3.05, 3.63) is 122 Å². The highest BCUT2D eigenvalue weighted by atomic mass is 79.9. The average molecular weight is 690 g/mol. The Morgan fingerprint density at radius 2 is 1.83 bits per heavy atom. The Balaban J connectivity index is 1.27. The average Bonchev–Trinajstić information content (AvgIpc) is 3.40. The molecule has 0 saturated heterocycles. The summed E-state index contributed by atoms with van der Waals surface area (Å²) in [6.07, 6.45) is 1.51. The van der Waals surface area contributed by atoms with Crippen LogP contribution in [0.3, 0.4) is 0 Å². The molecule has 42 heavy (non-hydrogen) atoms. The van der Waals surface area contributed by atoms with E-state index in [-0.39, 0.29) is 23.7 Å². The van der Waals surface area contributed by atoms with Gasteiger partial charge in [0.05, 0.1) is 27.3 Å². The summed E-state index contributed by atoms with van der Waals surface area (Å²) in [5, 5.41) is 8.21. The number of ether oxygens (including phenoxy) is 1. The number of carbonyl (C=O) groups is 1. The van der Waals surface area contributed by atoms with Gasteiger partial charge in [-0.1, -0.05) is 40.2 Å². The Bertz CT molecular complexity index is 2070. The zero-order valence-electron chi connectivity index (χ0n) is 21.6. The van der Waals surface area contributed by atoms with Crippen LogP contribution in [-0.4, -0.2) is 28.4 Å². The van der Waals surface area contributed by atoms with Crippen molar-refractivity contribution in [1.29, 1.82) is 0 Å². The summed E-state index contributed by atoms with van der Waals surface area (Å²) in [7, 11) is 0. The number of aromatic nitrogens is 2. The molecule has 0 fully saturated rings. The van der Waals surface area contributed by atoms with Crippen LogP contribution in [0.1, 0.15) is 5.56 Å². The van der Waals surface area contributed by atoms with Crippen molar-refractivity contribution in [1.82, 2.24) is 9.66 Å². The molecule has 2 aromatic heterocycles. The number of fused-ring (bicyclic) bond motifs is 2. The predicted molar refractivity (Wildman–Crippen MR) is 167 cm³/mol. The fourth-order valence-electron chi connectivity index (χ4n) is 4.25.